The summed E-state index contributed by atoms with van der Waals surface area (Å²) in [4.78, 5) is 0. The predicted molar refractivity (Wildman–Crippen MR) is 40.9 cm³/mol. The van der Waals surface area contributed by atoms with Crippen LogP contribution in [0.3, 0.4) is 0 Å². The van der Waals surface area contributed by atoms with E-state index in [1.165, 1.54) is 0 Å². The summed E-state index contributed by atoms with van der Waals surface area (Å²) in [5.41, 5.74) is 5.45. The molecule has 0 atom stereocenters. The topological polar surface area (TPSA) is 53.1 Å². The first kappa shape index (κ1) is 6.67. The molecule has 0 bridgehead atoms. The van der Waals surface area contributed by atoms with Crippen molar-refractivity contribution < 1.29 is 4.74 Å². The quantitative estimate of drug-likeness (QED) is 0.656. The Kier molecular flexibility index (Phi) is 1.54. The van der Waals surface area contributed by atoms with Crippen molar-refractivity contribution in [1.82, 2.24) is 9.78 Å². The van der Waals surface area contributed by atoms with Gasteiger partial charge in [0, 0.05) is 18.7 Å². The second-order valence-electron chi connectivity index (χ2n) is 2.87. The minimum absolute atomic E-state index is 0.588. The van der Waals surface area contributed by atoms with E-state index in [1.807, 2.05) is 10.9 Å². The second-order valence-corrected chi connectivity index (χ2v) is 2.87. The van der Waals surface area contributed by atoms with Crippen molar-refractivity contribution in [2.45, 2.75) is 6.54 Å². The zero-order valence-corrected chi connectivity index (χ0v) is 6.23. The van der Waals surface area contributed by atoms with Gasteiger partial charge in [0.2, 0.25) is 0 Å². The molecule has 1 fully saturated rings. The Labute approximate surface area is 64.9 Å². The zero-order chi connectivity index (χ0) is 7.68. The van der Waals surface area contributed by atoms with E-state index in [9.17, 15) is 0 Å². The van der Waals surface area contributed by atoms with Crippen molar-refractivity contribution in [1.29, 1.82) is 0 Å². The van der Waals surface area contributed by atoms with Gasteiger partial charge in [-0.2, -0.15) is 5.10 Å². The minimum atomic E-state index is 0.588. The second kappa shape index (κ2) is 2.54. The molecular weight excluding hydrogens is 142 g/mol. The van der Waals surface area contributed by atoms with Gasteiger partial charge >= 0.3 is 0 Å². The molecule has 2 rings (SSSR count). The Bertz CT molecular complexity index is 242. The van der Waals surface area contributed by atoms with E-state index in [-0.39, 0.29) is 0 Å². The van der Waals surface area contributed by atoms with E-state index in [0.717, 1.165) is 19.8 Å². The maximum absolute atomic E-state index is 5.45. The van der Waals surface area contributed by atoms with Crippen molar-refractivity contribution in [2.24, 2.45) is 5.92 Å². The van der Waals surface area contributed by atoms with Crippen molar-refractivity contribution in [3.05, 3.63) is 12.3 Å². The molecule has 0 saturated carbocycles. The van der Waals surface area contributed by atoms with Gasteiger partial charge in [0.15, 0.2) is 0 Å². The molecule has 2 heterocycles. The summed E-state index contributed by atoms with van der Waals surface area (Å²) >= 11 is 0. The van der Waals surface area contributed by atoms with Gasteiger partial charge in [-0.05, 0) is 6.07 Å². The normalized spacial score (nSPS) is 18.2. The van der Waals surface area contributed by atoms with Crippen molar-refractivity contribution in [3.63, 3.8) is 0 Å². The van der Waals surface area contributed by atoms with E-state index in [4.69, 9.17) is 10.5 Å². The maximum Gasteiger partial charge on any atom is 0.145 e. The number of nitrogen functional groups attached to an aromatic ring is 1. The standard InChI is InChI=1S/C7H11N3O/c8-7-1-2-10(9-7)3-6-4-11-5-6/h1-2,6H,3-5H2,(H2,8,9). The van der Waals surface area contributed by atoms with Crippen LogP contribution in [0.1, 0.15) is 0 Å². The predicted octanol–water partition coefficient (Wildman–Crippen LogP) is 0.112. The molecule has 2 N–H and O–H groups in total. The number of hydrogen-bond acceptors (Lipinski definition) is 3. The fraction of sp³-hybridized carbons (Fsp3) is 0.571. The third-order valence-electron chi connectivity index (χ3n) is 1.81. The number of hydrogen-bond donors (Lipinski definition) is 1. The lowest BCUT2D eigenvalue weighted by Crippen LogP contribution is -2.31. The van der Waals surface area contributed by atoms with E-state index >= 15 is 0 Å². The molecule has 0 aromatic carbocycles. The van der Waals surface area contributed by atoms with Crippen LogP contribution < -0.4 is 5.73 Å². The van der Waals surface area contributed by atoms with Crippen LogP contribution in [0, 0.1) is 5.92 Å². The number of anilines is 1. The van der Waals surface area contributed by atoms with Gasteiger partial charge in [-0.3, -0.25) is 4.68 Å². The first-order chi connectivity index (χ1) is 5.34. The molecule has 1 aliphatic rings. The lowest BCUT2D eigenvalue weighted by Gasteiger charge is -2.25. The highest BCUT2D eigenvalue weighted by atomic mass is 16.5. The van der Waals surface area contributed by atoms with Crippen LogP contribution in [0.4, 0.5) is 5.82 Å². The smallest absolute Gasteiger partial charge is 0.145 e. The van der Waals surface area contributed by atoms with E-state index < -0.39 is 0 Å². The van der Waals surface area contributed by atoms with E-state index in [1.54, 1.807) is 6.07 Å². The Hall–Kier alpha value is -1.03. The van der Waals surface area contributed by atoms with Crippen molar-refractivity contribution >= 4 is 5.82 Å². The first-order valence-electron chi connectivity index (χ1n) is 3.71. The highest BCUT2D eigenvalue weighted by Crippen LogP contribution is 2.12. The van der Waals surface area contributed by atoms with Gasteiger partial charge in [0.05, 0.1) is 13.2 Å². The minimum Gasteiger partial charge on any atom is -0.382 e. The van der Waals surface area contributed by atoms with Crippen LogP contribution in [0.15, 0.2) is 12.3 Å². The summed E-state index contributed by atoms with van der Waals surface area (Å²) in [5.74, 6) is 1.22. The molecule has 1 aromatic heterocycles. The van der Waals surface area contributed by atoms with Gasteiger partial charge in [-0.1, -0.05) is 0 Å². The Morgan fingerprint density at radius 3 is 3.00 bits per heavy atom. The number of rotatable bonds is 2. The molecular formula is C7H11N3O. The summed E-state index contributed by atoms with van der Waals surface area (Å²) < 4.78 is 6.91. The Morgan fingerprint density at radius 1 is 1.73 bits per heavy atom. The molecule has 60 valence electrons. The van der Waals surface area contributed by atoms with Crippen molar-refractivity contribution in [2.75, 3.05) is 18.9 Å². The van der Waals surface area contributed by atoms with Gasteiger partial charge in [0.1, 0.15) is 5.82 Å². The molecule has 1 aliphatic heterocycles. The average Bonchev–Trinajstić information content (AvgIpc) is 2.27. The average molecular weight is 153 g/mol. The molecule has 11 heavy (non-hydrogen) atoms. The fourth-order valence-corrected chi connectivity index (χ4v) is 1.13. The van der Waals surface area contributed by atoms with Crippen LogP contribution in [-0.4, -0.2) is 23.0 Å². The van der Waals surface area contributed by atoms with Crippen LogP contribution in [0.2, 0.25) is 0 Å². The van der Waals surface area contributed by atoms with Crippen molar-refractivity contribution in [3.8, 4) is 0 Å². The molecule has 4 heteroatoms. The molecule has 1 aromatic rings. The van der Waals surface area contributed by atoms with Gasteiger partial charge in [-0.15, -0.1) is 0 Å². The number of nitrogens with zero attached hydrogens (tertiary/aromatic N) is 2. The van der Waals surface area contributed by atoms with Gasteiger partial charge in [-0.25, -0.2) is 0 Å². The van der Waals surface area contributed by atoms with Gasteiger partial charge in [0.25, 0.3) is 0 Å². The molecule has 4 nitrogen and oxygen atoms in total. The number of nitrogens with two attached hydrogens (primary N) is 1. The highest BCUT2D eigenvalue weighted by Gasteiger charge is 2.18. The summed E-state index contributed by atoms with van der Waals surface area (Å²) in [6, 6.07) is 1.81. The van der Waals surface area contributed by atoms with Crippen LogP contribution in [-0.2, 0) is 11.3 Å². The zero-order valence-electron chi connectivity index (χ0n) is 6.23. The number of aromatic nitrogens is 2. The third kappa shape index (κ3) is 1.35. The van der Waals surface area contributed by atoms with Crippen LogP contribution >= 0.6 is 0 Å². The first-order valence-corrected chi connectivity index (χ1v) is 3.71. The number of ether oxygens (including phenoxy) is 1. The molecule has 0 amide bonds. The molecule has 1 saturated heterocycles. The Balaban J connectivity index is 1.95. The lowest BCUT2D eigenvalue weighted by molar-refractivity contribution is -0.0408. The SMILES string of the molecule is Nc1ccn(CC2COC2)n1. The summed E-state index contributed by atoms with van der Waals surface area (Å²) in [5, 5.41) is 4.07. The van der Waals surface area contributed by atoms with Gasteiger partial charge < -0.3 is 10.5 Å². The maximum atomic E-state index is 5.45. The largest absolute Gasteiger partial charge is 0.382 e. The lowest BCUT2D eigenvalue weighted by atomic mass is 10.1. The van der Waals surface area contributed by atoms with Crippen LogP contribution in [0.25, 0.3) is 0 Å². The monoisotopic (exact) mass is 153 g/mol. The van der Waals surface area contributed by atoms with E-state index in [2.05, 4.69) is 5.10 Å². The molecule has 0 aliphatic carbocycles. The molecule has 0 spiro atoms. The fourth-order valence-electron chi connectivity index (χ4n) is 1.13. The third-order valence-corrected chi connectivity index (χ3v) is 1.81. The van der Waals surface area contributed by atoms with Crippen LogP contribution in [0.5, 0.6) is 0 Å². The summed E-state index contributed by atoms with van der Waals surface area (Å²) in [7, 11) is 0. The molecule has 0 radical (unpaired) electrons. The molecule has 0 unspecified atom stereocenters. The highest BCUT2D eigenvalue weighted by molar-refractivity contribution is 5.23. The Morgan fingerprint density at radius 2 is 2.55 bits per heavy atom. The van der Waals surface area contributed by atoms with E-state index in [0.29, 0.717) is 11.7 Å². The summed E-state index contributed by atoms with van der Waals surface area (Å²) in [6.07, 6.45) is 1.90. The summed E-state index contributed by atoms with van der Waals surface area (Å²) in [6.45, 7) is 2.65.